The van der Waals surface area contributed by atoms with Crippen molar-refractivity contribution in [1.29, 1.82) is 10.5 Å². The van der Waals surface area contributed by atoms with Crippen molar-refractivity contribution in [3.63, 3.8) is 0 Å². The van der Waals surface area contributed by atoms with E-state index in [1.54, 1.807) is 0 Å². The van der Waals surface area contributed by atoms with Crippen LogP contribution in [0.1, 0.15) is 127 Å². The van der Waals surface area contributed by atoms with Crippen molar-refractivity contribution in [2.75, 3.05) is 9.80 Å². The number of aromatic nitrogens is 8. The van der Waals surface area contributed by atoms with Gasteiger partial charge in [-0.2, -0.15) is 47.1 Å². The van der Waals surface area contributed by atoms with Gasteiger partial charge in [0.2, 0.25) is 23.6 Å². The lowest BCUT2D eigenvalue weighted by molar-refractivity contribution is -0.138. The van der Waals surface area contributed by atoms with E-state index < -0.39 is 188 Å². The van der Waals surface area contributed by atoms with E-state index in [1.165, 1.54) is 81.4 Å². The first kappa shape index (κ1) is 73.3. The number of ether oxygens (including phenoxy) is 2. The molecule has 2 N–H and O–H groups in total. The third kappa shape index (κ3) is 16.0. The number of nitrogens with zero attached hydrogens (tertiary/aromatic N) is 12. The van der Waals surface area contributed by atoms with Crippen LogP contribution in [0.3, 0.4) is 0 Å². The molecule has 4 aromatic heterocycles. The van der Waals surface area contributed by atoms with E-state index in [2.05, 4.69) is 41.2 Å². The molecule has 4 amide bonds. The summed E-state index contributed by atoms with van der Waals surface area (Å²) < 4.78 is 227. The Labute approximate surface area is 557 Å². The first-order chi connectivity index (χ1) is 46.2. The molecule has 528 valence electrons. The molecule has 36 heteroatoms. The Kier molecular flexibility index (Phi) is 19.3. The van der Waals surface area contributed by atoms with Crippen LogP contribution in [0.2, 0.25) is 0 Å². The highest BCUT2D eigenvalue weighted by Gasteiger charge is 2.50. The van der Waals surface area contributed by atoms with Crippen molar-refractivity contribution < 1.29 is 99.0 Å². The number of alkyl carbamates (subject to hydrolysis) is 2. The Morgan fingerprint density at radius 1 is 0.540 bits per heavy atom. The van der Waals surface area contributed by atoms with E-state index >= 15 is 35.1 Å². The molecule has 0 saturated carbocycles. The van der Waals surface area contributed by atoms with Crippen molar-refractivity contribution in [2.24, 2.45) is 0 Å². The molecule has 8 aromatic rings. The van der Waals surface area contributed by atoms with Crippen LogP contribution in [0, 0.1) is 45.9 Å². The maximum atomic E-state index is 15.9. The first-order valence-electron chi connectivity index (χ1n) is 29.6. The average molecular weight is 1420 g/mol. The van der Waals surface area contributed by atoms with Crippen molar-refractivity contribution in [3.8, 4) is 46.4 Å². The molecule has 2 aliphatic heterocycles. The standard InChI is InChI=1S/2C32H28F7N7O4/c2*1-29(2,3)50-28(48)42-22-11-31(35,36)19-10-20(33)18(25-43-44-27(49-25)30(4,5)15-40)9-24(19)45(26(22)47)13-16-6-7-23(21(34)8-16)46-14-17(12-41-46)32(37,38)39/h2*6-10,12,14,22H,11,13H2,1-5H3,(H,42,48)/t22-;/m1./s1. The number of rotatable bonds is 12. The summed E-state index contributed by atoms with van der Waals surface area (Å²) in [6, 6.07) is 8.96. The third-order valence-corrected chi connectivity index (χ3v) is 14.9. The van der Waals surface area contributed by atoms with Crippen molar-refractivity contribution in [1.82, 2.24) is 50.6 Å². The van der Waals surface area contributed by atoms with Crippen LogP contribution in [0.15, 0.2) is 94.3 Å². The fraction of sp³-hybridized carbons (Fsp3) is 0.375. The number of carbonyl (C=O) groups excluding carboxylic acids is 4. The predicted octanol–water partition coefficient (Wildman–Crippen LogP) is 13.9. The quantitative estimate of drug-likeness (QED) is 0.108. The van der Waals surface area contributed by atoms with Gasteiger partial charge in [0.1, 0.15) is 68.8 Å². The fourth-order valence-corrected chi connectivity index (χ4v) is 9.96. The van der Waals surface area contributed by atoms with Gasteiger partial charge in [-0.3, -0.25) is 9.59 Å². The molecule has 0 spiro atoms. The number of amides is 4. The number of hydrogen-bond donors (Lipinski definition) is 2. The normalized spacial score (nSPS) is 16.4. The maximum absolute atomic E-state index is 15.9. The lowest BCUT2D eigenvalue weighted by atomic mass is 9.96. The average Bonchev–Trinajstić information content (AvgIpc) is 1.55. The highest BCUT2D eigenvalue weighted by atomic mass is 19.4. The molecular weight excluding hydrogens is 1360 g/mol. The summed E-state index contributed by atoms with van der Waals surface area (Å²) in [7, 11) is 0. The van der Waals surface area contributed by atoms with Gasteiger partial charge < -0.3 is 38.7 Å². The molecule has 0 fully saturated rings. The molecule has 6 heterocycles. The molecule has 0 radical (unpaired) electrons. The first-order valence-corrected chi connectivity index (χ1v) is 29.6. The zero-order valence-electron chi connectivity index (χ0n) is 54.0. The van der Waals surface area contributed by atoms with E-state index in [9.17, 15) is 56.0 Å². The molecule has 22 nitrogen and oxygen atoms in total. The number of nitriles is 2. The largest absolute Gasteiger partial charge is 0.444 e. The SMILES string of the molecule is CC(C)(C)OC(=O)NC1CC(F)(F)c2cc(F)c(-c3nnc(C(C)(C)C#N)o3)cc2N(Cc2ccc(-n3cc(C(F)(F)F)cn3)c(F)c2)C1=O.CC(C)(C)OC(=O)N[C@@H]1CC(F)(F)c2cc(F)c(-c3nnc(C(C)(C)C#N)o3)cc2N(Cc2ccc(-n3cc(C(F)(F)F)cn3)c(F)c2)C1=O. The molecule has 0 aliphatic carbocycles. The van der Waals surface area contributed by atoms with Gasteiger partial charge in [-0.15, -0.1) is 20.4 Å². The highest BCUT2D eigenvalue weighted by Crippen LogP contribution is 2.48. The molecule has 2 atom stereocenters. The number of hydrogen-bond acceptors (Lipinski definition) is 16. The summed E-state index contributed by atoms with van der Waals surface area (Å²) in [5.41, 5.74) is -11.9. The van der Waals surface area contributed by atoms with Crippen molar-refractivity contribution in [3.05, 3.63) is 154 Å². The summed E-state index contributed by atoms with van der Waals surface area (Å²) in [4.78, 5) is 54.8. The van der Waals surface area contributed by atoms with Crippen LogP contribution < -0.4 is 20.4 Å². The zero-order chi connectivity index (χ0) is 73.9. The Bertz CT molecular complexity index is 4300. The molecule has 100 heavy (non-hydrogen) atoms. The molecular formula is C64H56F14N14O8. The van der Waals surface area contributed by atoms with Gasteiger partial charge in [-0.05, 0) is 129 Å². The number of benzene rings is 4. The van der Waals surface area contributed by atoms with Crippen LogP contribution in [-0.2, 0) is 67.2 Å². The Morgan fingerprint density at radius 2 is 0.890 bits per heavy atom. The minimum atomic E-state index is -4.74. The van der Waals surface area contributed by atoms with Crippen molar-refractivity contribution in [2.45, 2.75) is 153 Å². The van der Waals surface area contributed by atoms with Gasteiger partial charge in [0.25, 0.3) is 23.6 Å². The third-order valence-electron chi connectivity index (χ3n) is 14.9. The van der Waals surface area contributed by atoms with Crippen molar-refractivity contribution >= 4 is 35.4 Å². The minimum Gasteiger partial charge on any atom is -0.444 e. The topological polar surface area (TPSA) is 278 Å². The number of fused-ring (bicyclic) bond motifs is 2. The Hall–Kier alpha value is -10.9. The summed E-state index contributed by atoms with van der Waals surface area (Å²) in [6.07, 6.45) is -12.4. The Balaban J connectivity index is 0.000000233. The summed E-state index contributed by atoms with van der Waals surface area (Å²) in [5.74, 6) is -16.2. The van der Waals surface area contributed by atoms with Gasteiger partial charge in [-0.1, -0.05) is 12.1 Å². The number of alkyl halides is 10. The summed E-state index contributed by atoms with van der Waals surface area (Å²) in [5, 5.41) is 45.2. The molecule has 2 aliphatic rings. The lowest BCUT2D eigenvalue weighted by Crippen LogP contribution is -2.49. The maximum Gasteiger partial charge on any atom is 0.419 e. The predicted molar refractivity (Wildman–Crippen MR) is 319 cm³/mol. The summed E-state index contributed by atoms with van der Waals surface area (Å²) >= 11 is 0. The van der Waals surface area contributed by atoms with Crippen LogP contribution in [0.5, 0.6) is 0 Å². The lowest BCUT2D eigenvalue weighted by Gasteiger charge is -2.27. The fourth-order valence-electron chi connectivity index (χ4n) is 9.96. The van der Waals surface area contributed by atoms with Gasteiger partial charge >= 0.3 is 24.5 Å². The number of anilines is 2. The monoisotopic (exact) mass is 1410 g/mol. The second-order valence-corrected chi connectivity index (χ2v) is 26.0. The molecule has 0 bridgehead atoms. The van der Waals surface area contributed by atoms with Gasteiger partial charge in [0, 0.05) is 36.4 Å². The van der Waals surface area contributed by atoms with Gasteiger partial charge in [-0.25, -0.2) is 54.1 Å². The van der Waals surface area contributed by atoms with Gasteiger partial charge in [0.15, 0.2) is 0 Å². The highest BCUT2D eigenvalue weighted by molar-refractivity contribution is 6.02. The summed E-state index contributed by atoms with van der Waals surface area (Å²) in [6.45, 7) is 13.6. The van der Waals surface area contributed by atoms with Crippen LogP contribution in [0.25, 0.3) is 34.3 Å². The van der Waals surface area contributed by atoms with E-state index in [0.717, 1.165) is 46.2 Å². The van der Waals surface area contributed by atoms with Crippen LogP contribution in [0.4, 0.5) is 82.4 Å². The van der Waals surface area contributed by atoms with E-state index in [-0.39, 0.29) is 34.3 Å². The molecule has 10 rings (SSSR count). The molecule has 4 aromatic carbocycles. The van der Waals surface area contributed by atoms with Crippen LogP contribution in [-0.4, -0.2) is 87.2 Å². The van der Waals surface area contributed by atoms with E-state index in [4.69, 9.17) is 18.3 Å². The smallest absolute Gasteiger partial charge is 0.419 e. The molecule has 0 saturated heterocycles. The minimum absolute atomic E-state index is 0.0308. The van der Waals surface area contributed by atoms with Crippen LogP contribution >= 0.6 is 0 Å². The van der Waals surface area contributed by atoms with E-state index in [1.807, 2.05) is 12.1 Å². The second-order valence-electron chi connectivity index (χ2n) is 26.0. The zero-order valence-corrected chi connectivity index (χ0v) is 54.0. The molecule has 1 unspecified atom stereocenters. The number of carbonyl (C=O) groups is 4. The number of nitrogens with one attached hydrogen (secondary N) is 2. The number of halogens is 14. The van der Waals surface area contributed by atoms with E-state index in [0.29, 0.717) is 46.3 Å². The second kappa shape index (κ2) is 26.4. The van der Waals surface area contributed by atoms with Gasteiger partial charge in [0.05, 0.1) is 71.3 Å². The Morgan fingerprint density at radius 3 is 1.19 bits per heavy atom.